The van der Waals surface area contributed by atoms with Gasteiger partial charge in [-0.25, -0.2) is 4.98 Å². The highest BCUT2D eigenvalue weighted by atomic mass is 79.9. The third-order valence-electron chi connectivity index (χ3n) is 3.10. The molecule has 0 unspecified atom stereocenters. The van der Waals surface area contributed by atoms with Crippen molar-refractivity contribution in [3.05, 3.63) is 28.6 Å². The highest BCUT2D eigenvalue weighted by Gasteiger charge is 2.27. The quantitative estimate of drug-likeness (QED) is 0.799. The van der Waals surface area contributed by atoms with E-state index in [1.165, 1.54) is 0 Å². The second kappa shape index (κ2) is 4.50. The summed E-state index contributed by atoms with van der Waals surface area (Å²) in [6.45, 7) is 0. The van der Waals surface area contributed by atoms with Crippen LogP contribution in [0.3, 0.4) is 0 Å². The molecule has 0 amide bonds. The molecule has 0 saturated carbocycles. The Bertz CT molecular complexity index is 628. The number of nitrogens with zero attached hydrogens (tertiary/aromatic N) is 5. The maximum absolute atomic E-state index is 8.87. The van der Waals surface area contributed by atoms with E-state index >= 15 is 0 Å². The minimum absolute atomic E-state index is 0.177. The molecule has 18 heavy (non-hydrogen) atoms. The fraction of sp³-hybridized carbons (Fsp3) is 0.333. The summed E-state index contributed by atoms with van der Waals surface area (Å²) in [5, 5.41) is 17.3. The van der Waals surface area contributed by atoms with Gasteiger partial charge in [-0.05, 0) is 34.5 Å². The Labute approximate surface area is 113 Å². The van der Waals surface area contributed by atoms with Crippen molar-refractivity contribution in [1.82, 2.24) is 19.7 Å². The van der Waals surface area contributed by atoms with Crippen molar-refractivity contribution >= 4 is 15.9 Å². The standard InChI is InChI=1S/C12H10BrN5/c13-10-3-1-2-9(15-10)12-17-16-11-5-4-8(6-7-14)18(11)12/h1-3,8H,4-6H2/t8-/m1/s1. The number of hydrogen-bond donors (Lipinski definition) is 0. The van der Waals surface area contributed by atoms with Crippen molar-refractivity contribution in [3.8, 4) is 17.6 Å². The van der Waals surface area contributed by atoms with Crippen LogP contribution >= 0.6 is 15.9 Å². The van der Waals surface area contributed by atoms with Crippen LogP contribution in [0.2, 0.25) is 0 Å². The summed E-state index contributed by atoms with van der Waals surface area (Å²) in [4.78, 5) is 4.40. The molecule has 1 atom stereocenters. The fourth-order valence-electron chi connectivity index (χ4n) is 2.31. The lowest BCUT2D eigenvalue weighted by molar-refractivity contribution is 0.541. The maximum atomic E-state index is 8.87. The summed E-state index contributed by atoms with van der Waals surface area (Å²) in [6.07, 6.45) is 2.33. The zero-order valence-corrected chi connectivity index (χ0v) is 11.1. The topological polar surface area (TPSA) is 67.4 Å². The molecule has 0 spiro atoms. The second-order valence-electron chi connectivity index (χ2n) is 4.21. The summed E-state index contributed by atoms with van der Waals surface area (Å²) < 4.78 is 2.82. The molecule has 90 valence electrons. The maximum Gasteiger partial charge on any atom is 0.182 e. The van der Waals surface area contributed by atoms with Gasteiger partial charge in [-0.15, -0.1) is 10.2 Å². The van der Waals surface area contributed by atoms with Crippen molar-refractivity contribution in [2.24, 2.45) is 0 Å². The van der Waals surface area contributed by atoms with Gasteiger partial charge in [0.1, 0.15) is 16.1 Å². The fourth-order valence-corrected chi connectivity index (χ4v) is 2.65. The number of nitriles is 1. The van der Waals surface area contributed by atoms with E-state index in [1.807, 2.05) is 18.2 Å². The van der Waals surface area contributed by atoms with Crippen LogP contribution in [0.1, 0.15) is 24.7 Å². The number of hydrogen-bond acceptors (Lipinski definition) is 4. The minimum Gasteiger partial charge on any atom is -0.306 e. The van der Waals surface area contributed by atoms with Crippen LogP contribution in [0.5, 0.6) is 0 Å². The molecule has 1 aliphatic rings. The SMILES string of the molecule is N#CC[C@H]1CCc2nnc(-c3cccc(Br)n3)n21. The molecule has 0 bridgehead atoms. The molecular weight excluding hydrogens is 294 g/mol. The van der Waals surface area contributed by atoms with Gasteiger partial charge in [0.05, 0.1) is 18.5 Å². The number of aryl methyl sites for hydroxylation is 1. The summed E-state index contributed by atoms with van der Waals surface area (Å²) >= 11 is 3.35. The van der Waals surface area contributed by atoms with Gasteiger partial charge in [-0.2, -0.15) is 5.26 Å². The number of pyridine rings is 1. The van der Waals surface area contributed by atoms with Crippen molar-refractivity contribution in [2.45, 2.75) is 25.3 Å². The van der Waals surface area contributed by atoms with E-state index in [2.05, 4.69) is 41.7 Å². The average molecular weight is 304 g/mol. The first-order valence-corrected chi connectivity index (χ1v) is 6.52. The number of fused-ring (bicyclic) bond motifs is 1. The predicted octanol–water partition coefficient (Wildman–Crippen LogP) is 2.50. The highest BCUT2D eigenvalue weighted by Crippen LogP contribution is 2.32. The predicted molar refractivity (Wildman–Crippen MR) is 68.5 cm³/mol. The lowest BCUT2D eigenvalue weighted by Gasteiger charge is -2.11. The first-order chi connectivity index (χ1) is 8.79. The monoisotopic (exact) mass is 303 g/mol. The second-order valence-corrected chi connectivity index (χ2v) is 5.02. The Morgan fingerprint density at radius 2 is 2.33 bits per heavy atom. The molecule has 2 aromatic heterocycles. The molecule has 0 N–H and O–H groups in total. The van der Waals surface area contributed by atoms with E-state index in [9.17, 15) is 0 Å². The van der Waals surface area contributed by atoms with Crippen LogP contribution in [0, 0.1) is 11.3 Å². The minimum atomic E-state index is 0.177. The zero-order chi connectivity index (χ0) is 12.5. The van der Waals surface area contributed by atoms with Crippen LogP contribution in [0.15, 0.2) is 22.8 Å². The van der Waals surface area contributed by atoms with E-state index in [0.717, 1.165) is 34.8 Å². The molecule has 2 aromatic rings. The van der Waals surface area contributed by atoms with Gasteiger partial charge in [-0.3, -0.25) is 0 Å². The average Bonchev–Trinajstić information content (AvgIpc) is 2.92. The Kier molecular flexibility index (Phi) is 2.84. The lowest BCUT2D eigenvalue weighted by atomic mass is 10.1. The van der Waals surface area contributed by atoms with E-state index < -0.39 is 0 Å². The molecular formula is C12H10BrN5. The first-order valence-electron chi connectivity index (χ1n) is 5.73. The van der Waals surface area contributed by atoms with Gasteiger partial charge in [0.15, 0.2) is 5.82 Å². The molecule has 0 radical (unpaired) electrons. The number of halogens is 1. The van der Waals surface area contributed by atoms with E-state index in [1.54, 1.807) is 0 Å². The molecule has 6 heteroatoms. The van der Waals surface area contributed by atoms with Crippen molar-refractivity contribution < 1.29 is 0 Å². The summed E-state index contributed by atoms with van der Waals surface area (Å²) in [7, 11) is 0. The van der Waals surface area contributed by atoms with Gasteiger partial charge in [0.25, 0.3) is 0 Å². The molecule has 3 heterocycles. The Balaban J connectivity index is 2.08. The highest BCUT2D eigenvalue weighted by molar-refractivity contribution is 9.10. The summed E-state index contributed by atoms with van der Waals surface area (Å²) in [5.41, 5.74) is 0.785. The van der Waals surface area contributed by atoms with Crippen molar-refractivity contribution in [1.29, 1.82) is 5.26 Å². The van der Waals surface area contributed by atoms with Crippen LogP contribution in [-0.4, -0.2) is 19.7 Å². The van der Waals surface area contributed by atoms with E-state index in [-0.39, 0.29) is 6.04 Å². The Morgan fingerprint density at radius 3 is 3.11 bits per heavy atom. The van der Waals surface area contributed by atoms with E-state index in [0.29, 0.717) is 6.42 Å². The van der Waals surface area contributed by atoms with Crippen LogP contribution in [-0.2, 0) is 6.42 Å². The van der Waals surface area contributed by atoms with Crippen molar-refractivity contribution in [2.75, 3.05) is 0 Å². The summed E-state index contributed by atoms with van der Waals surface area (Å²) in [5.74, 6) is 1.70. The molecule has 0 aromatic carbocycles. The molecule has 0 aliphatic carbocycles. The Morgan fingerprint density at radius 1 is 1.44 bits per heavy atom. The molecule has 1 aliphatic heterocycles. The normalized spacial score (nSPS) is 17.4. The Hall–Kier alpha value is -1.74. The van der Waals surface area contributed by atoms with Gasteiger partial charge in [-0.1, -0.05) is 6.07 Å². The van der Waals surface area contributed by atoms with Crippen LogP contribution < -0.4 is 0 Å². The molecule has 3 rings (SSSR count). The number of rotatable bonds is 2. The molecule has 0 saturated heterocycles. The molecule has 0 fully saturated rings. The van der Waals surface area contributed by atoms with Gasteiger partial charge in [0.2, 0.25) is 0 Å². The third-order valence-corrected chi connectivity index (χ3v) is 3.55. The van der Waals surface area contributed by atoms with Crippen molar-refractivity contribution in [3.63, 3.8) is 0 Å². The zero-order valence-electron chi connectivity index (χ0n) is 9.54. The van der Waals surface area contributed by atoms with E-state index in [4.69, 9.17) is 5.26 Å². The smallest absolute Gasteiger partial charge is 0.182 e. The van der Waals surface area contributed by atoms with Gasteiger partial charge >= 0.3 is 0 Å². The first kappa shape index (κ1) is 11.4. The van der Waals surface area contributed by atoms with Gasteiger partial charge < -0.3 is 4.57 Å². The van der Waals surface area contributed by atoms with Crippen LogP contribution in [0.4, 0.5) is 0 Å². The lowest BCUT2D eigenvalue weighted by Crippen LogP contribution is -2.06. The molecule has 5 nitrogen and oxygen atoms in total. The largest absolute Gasteiger partial charge is 0.306 e. The number of aromatic nitrogens is 4. The van der Waals surface area contributed by atoms with Crippen LogP contribution in [0.25, 0.3) is 11.5 Å². The summed E-state index contributed by atoms with van der Waals surface area (Å²) in [6, 6.07) is 8.10. The third kappa shape index (κ3) is 1.81. The van der Waals surface area contributed by atoms with Gasteiger partial charge in [0, 0.05) is 6.42 Å².